The molecule has 0 bridgehead atoms. The lowest BCUT2D eigenvalue weighted by Crippen LogP contribution is -2.23. The van der Waals surface area contributed by atoms with Gasteiger partial charge in [-0.05, 0) is 48.9 Å². The number of nitro benzene ring substituents is 1. The number of nitro groups is 1. The number of alkyl halides is 3. The van der Waals surface area contributed by atoms with E-state index in [2.05, 4.69) is 10.6 Å². The molecule has 0 aliphatic heterocycles. The second-order valence-corrected chi connectivity index (χ2v) is 8.82. The number of rotatable bonds is 6. The van der Waals surface area contributed by atoms with Crippen molar-refractivity contribution in [2.24, 2.45) is 0 Å². The highest BCUT2D eigenvalue weighted by molar-refractivity contribution is 7.92. The molecule has 33 heavy (non-hydrogen) atoms. The van der Waals surface area contributed by atoms with Gasteiger partial charge in [0.25, 0.3) is 21.4 Å². The van der Waals surface area contributed by atoms with Crippen LogP contribution in [0.2, 0.25) is 0 Å². The van der Waals surface area contributed by atoms with Gasteiger partial charge in [-0.3, -0.25) is 14.9 Å². The lowest BCUT2D eigenvalue weighted by molar-refractivity contribution is -0.384. The lowest BCUT2D eigenvalue weighted by Gasteiger charge is -2.14. The number of aryl methyl sites for hydroxylation is 1. The SMILES string of the molecule is Cc1cccc(NC(=O)c2ccccc2Nc2ccc(S(=O)(=O)C(F)(F)F)cc2[N+](=O)[O-])c1. The number of hydrogen-bond acceptors (Lipinski definition) is 6. The Labute approximate surface area is 186 Å². The van der Waals surface area contributed by atoms with Gasteiger partial charge in [-0.15, -0.1) is 0 Å². The number of benzene rings is 3. The van der Waals surface area contributed by atoms with Crippen molar-refractivity contribution in [1.29, 1.82) is 0 Å². The normalized spacial score (nSPS) is 11.6. The van der Waals surface area contributed by atoms with Crippen molar-refractivity contribution in [2.45, 2.75) is 17.3 Å². The van der Waals surface area contributed by atoms with Gasteiger partial charge in [0.15, 0.2) is 0 Å². The number of halogens is 3. The molecule has 12 heteroatoms. The standard InChI is InChI=1S/C21H16F3N3O5S/c1-13-5-4-6-14(11-13)25-20(28)16-7-2-3-8-17(16)26-18-10-9-15(12-19(18)27(29)30)33(31,32)21(22,23)24/h2-12,26H,1H3,(H,25,28). The molecule has 0 radical (unpaired) electrons. The highest BCUT2D eigenvalue weighted by Crippen LogP contribution is 2.36. The Hall–Kier alpha value is -3.93. The maximum atomic E-state index is 12.8. The molecule has 0 aromatic heterocycles. The molecule has 0 aliphatic rings. The first-order valence-electron chi connectivity index (χ1n) is 9.24. The molecule has 0 atom stereocenters. The third kappa shape index (κ3) is 5.12. The van der Waals surface area contributed by atoms with E-state index in [0.717, 1.165) is 11.6 Å². The van der Waals surface area contributed by atoms with Crippen LogP contribution >= 0.6 is 0 Å². The second-order valence-electron chi connectivity index (χ2n) is 6.88. The molecule has 3 aromatic rings. The van der Waals surface area contributed by atoms with Crippen molar-refractivity contribution in [3.8, 4) is 0 Å². The zero-order valence-corrected chi connectivity index (χ0v) is 17.7. The summed E-state index contributed by atoms with van der Waals surface area (Å²) in [5.41, 5.74) is -5.18. The van der Waals surface area contributed by atoms with Gasteiger partial charge in [0.1, 0.15) is 5.69 Å². The van der Waals surface area contributed by atoms with Crippen molar-refractivity contribution in [2.75, 3.05) is 10.6 Å². The summed E-state index contributed by atoms with van der Waals surface area (Å²) < 4.78 is 61.7. The molecule has 0 aliphatic carbocycles. The summed E-state index contributed by atoms with van der Waals surface area (Å²) in [5.74, 6) is -0.539. The fourth-order valence-corrected chi connectivity index (χ4v) is 3.71. The maximum absolute atomic E-state index is 12.8. The van der Waals surface area contributed by atoms with Gasteiger partial charge >= 0.3 is 5.51 Å². The first kappa shape index (κ1) is 23.7. The summed E-state index contributed by atoms with van der Waals surface area (Å²) in [6.45, 7) is 1.84. The van der Waals surface area contributed by atoms with E-state index in [1.165, 1.54) is 12.1 Å². The number of nitrogens with one attached hydrogen (secondary N) is 2. The number of anilines is 3. The van der Waals surface area contributed by atoms with E-state index in [-0.39, 0.29) is 16.9 Å². The predicted octanol–water partition coefficient (Wildman–Crippen LogP) is 5.19. The Morgan fingerprint density at radius 3 is 2.30 bits per heavy atom. The monoisotopic (exact) mass is 479 g/mol. The molecular weight excluding hydrogens is 463 g/mol. The summed E-state index contributed by atoms with van der Waals surface area (Å²) in [6, 6.07) is 14.7. The fourth-order valence-electron chi connectivity index (χ4n) is 2.93. The van der Waals surface area contributed by atoms with Gasteiger partial charge < -0.3 is 10.6 Å². The largest absolute Gasteiger partial charge is 0.501 e. The number of sulfone groups is 1. The Balaban J connectivity index is 1.97. The van der Waals surface area contributed by atoms with Crippen molar-refractivity contribution < 1.29 is 31.3 Å². The van der Waals surface area contributed by atoms with Crippen molar-refractivity contribution >= 4 is 38.5 Å². The van der Waals surface area contributed by atoms with Crippen molar-refractivity contribution in [3.05, 3.63) is 88.0 Å². The minimum Gasteiger partial charge on any atom is -0.349 e. The van der Waals surface area contributed by atoms with Crippen LogP contribution in [0.15, 0.2) is 71.6 Å². The maximum Gasteiger partial charge on any atom is 0.501 e. The van der Waals surface area contributed by atoms with Gasteiger partial charge in [0, 0.05) is 11.8 Å². The summed E-state index contributed by atoms with van der Waals surface area (Å²) in [5, 5.41) is 16.8. The summed E-state index contributed by atoms with van der Waals surface area (Å²) in [4.78, 5) is 21.9. The van der Waals surface area contributed by atoms with Gasteiger partial charge in [-0.2, -0.15) is 13.2 Å². The van der Waals surface area contributed by atoms with Crippen LogP contribution < -0.4 is 10.6 Å². The molecule has 2 N–H and O–H groups in total. The number of amides is 1. The minimum atomic E-state index is -5.78. The average Bonchev–Trinajstić information content (AvgIpc) is 2.73. The summed E-state index contributed by atoms with van der Waals surface area (Å²) in [6.07, 6.45) is 0. The van der Waals surface area contributed by atoms with E-state index >= 15 is 0 Å². The van der Waals surface area contributed by atoms with E-state index < -0.39 is 36.8 Å². The van der Waals surface area contributed by atoms with Crippen molar-refractivity contribution in [1.82, 2.24) is 0 Å². The quantitative estimate of drug-likeness (QED) is 0.371. The number of para-hydroxylation sites is 1. The first-order valence-corrected chi connectivity index (χ1v) is 10.7. The van der Waals surface area contributed by atoms with Crippen LogP contribution in [0.3, 0.4) is 0 Å². The van der Waals surface area contributed by atoms with Crippen LogP contribution in [-0.2, 0) is 9.84 Å². The highest BCUT2D eigenvalue weighted by Gasteiger charge is 2.47. The minimum absolute atomic E-state index is 0.0975. The number of hydrogen-bond donors (Lipinski definition) is 2. The van der Waals surface area contributed by atoms with Gasteiger partial charge in [-0.25, -0.2) is 8.42 Å². The third-order valence-corrected chi connectivity index (χ3v) is 5.98. The van der Waals surface area contributed by atoms with Crippen LogP contribution in [0.4, 0.5) is 35.9 Å². The molecule has 0 saturated carbocycles. The zero-order chi connectivity index (χ0) is 24.4. The topological polar surface area (TPSA) is 118 Å². The Bertz CT molecular complexity index is 1340. The molecule has 0 saturated heterocycles. The lowest BCUT2D eigenvalue weighted by atomic mass is 10.1. The molecule has 172 valence electrons. The Morgan fingerprint density at radius 2 is 1.67 bits per heavy atom. The van der Waals surface area contributed by atoms with E-state index in [1.54, 1.807) is 30.3 Å². The van der Waals surface area contributed by atoms with Gasteiger partial charge in [-0.1, -0.05) is 24.3 Å². The molecule has 1 amide bonds. The molecule has 3 rings (SSSR count). The molecule has 0 spiro atoms. The second kappa shape index (κ2) is 8.90. The number of carbonyl (C=O) groups excluding carboxylic acids is 1. The molecular formula is C21H16F3N3O5S. The average molecular weight is 479 g/mol. The van der Waals surface area contributed by atoms with Crippen LogP contribution in [0.25, 0.3) is 0 Å². The van der Waals surface area contributed by atoms with E-state index in [4.69, 9.17) is 0 Å². The third-order valence-electron chi connectivity index (χ3n) is 4.50. The Morgan fingerprint density at radius 1 is 0.970 bits per heavy atom. The number of nitrogens with zero attached hydrogens (tertiary/aromatic N) is 1. The van der Waals surface area contributed by atoms with Crippen molar-refractivity contribution in [3.63, 3.8) is 0 Å². The van der Waals surface area contributed by atoms with Crippen LogP contribution in [0.1, 0.15) is 15.9 Å². The molecule has 0 heterocycles. The summed E-state index contributed by atoms with van der Waals surface area (Å²) >= 11 is 0. The van der Waals surface area contributed by atoms with E-state index in [9.17, 15) is 36.5 Å². The number of carbonyl (C=O) groups is 1. The van der Waals surface area contributed by atoms with Gasteiger partial charge in [0.2, 0.25) is 0 Å². The zero-order valence-electron chi connectivity index (χ0n) is 16.9. The van der Waals surface area contributed by atoms with Crippen LogP contribution in [-0.4, -0.2) is 24.8 Å². The molecule has 8 nitrogen and oxygen atoms in total. The molecule has 3 aromatic carbocycles. The fraction of sp³-hybridized carbons (Fsp3) is 0.0952. The van der Waals surface area contributed by atoms with Gasteiger partial charge in [0.05, 0.1) is 21.1 Å². The van der Waals surface area contributed by atoms with E-state index in [0.29, 0.717) is 17.8 Å². The van der Waals surface area contributed by atoms with E-state index in [1.807, 2.05) is 13.0 Å². The molecule has 0 fully saturated rings. The summed E-state index contributed by atoms with van der Waals surface area (Å²) in [7, 11) is -5.78. The molecule has 0 unspecified atom stereocenters. The first-order chi connectivity index (χ1) is 15.4. The Kier molecular flexibility index (Phi) is 6.40. The van der Waals surface area contributed by atoms with Crippen LogP contribution in [0, 0.1) is 17.0 Å². The van der Waals surface area contributed by atoms with Crippen LogP contribution in [0.5, 0.6) is 0 Å². The predicted molar refractivity (Wildman–Crippen MR) is 115 cm³/mol. The highest BCUT2D eigenvalue weighted by atomic mass is 32.2. The smallest absolute Gasteiger partial charge is 0.349 e.